The van der Waals surface area contributed by atoms with Crippen LogP contribution in [-0.4, -0.2) is 30.1 Å². The Bertz CT molecular complexity index is 331. The van der Waals surface area contributed by atoms with E-state index >= 15 is 0 Å². The molecule has 2 heteroatoms. The van der Waals surface area contributed by atoms with Gasteiger partial charge in [-0.05, 0) is 101 Å². The summed E-state index contributed by atoms with van der Waals surface area (Å²) in [5.74, 6) is 2.11. The van der Waals surface area contributed by atoms with E-state index in [-0.39, 0.29) is 0 Å². The number of nitrogens with two attached hydrogens (primary N) is 1. The molecule has 4 aliphatic carbocycles. The molecule has 1 heterocycles. The van der Waals surface area contributed by atoms with E-state index in [1.165, 1.54) is 58.0 Å². The first-order valence-electron chi connectivity index (χ1n) is 8.69. The lowest BCUT2D eigenvalue weighted by atomic mass is 9.45. The second-order valence-electron chi connectivity index (χ2n) is 8.27. The first-order valence-corrected chi connectivity index (χ1v) is 8.69. The maximum Gasteiger partial charge on any atom is 0.0220 e. The standard InChI is InChI=1S/C17H30N2/c18-5-3-4-16-9-14-8-15(10-16)12-17(11-14,13-16)19-6-1-2-7-19/h14-15H,1-13,18H2. The van der Waals surface area contributed by atoms with Gasteiger partial charge in [0.2, 0.25) is 0 Å². The first kappa shape index (κ1) is 12.6. The average Bonchev–Trinajstić information content (AvgIpc) is 2.89. The molecular formula is C17H30N2. The highest BCUT2D eigenvalue weighted by Gasteiger charge is 2.59. The molecule has 0 amide bonds. The Morgan fingerprint density at radius 3 is 2.32 bits per heavy atom. The molecule has 0 aromatic carbocycles. The predicted octanol–water partition coefficient (Wildman–Crippen LogP) is 3.16. The van der Waals surface area contributed by atoms with E-state index in [1.807, 2.05) is 0 Å². The smallest absolute Gasteiger partial charge is 0.0220 e. The van der Waals surface area contributed by atoms with Crippen molar-refractivity contribution in [3.05, 3.63) is 0 Å². The van der Waals surface area contributed by atoms with Gasteiger partial charge in [0.25, 0.3) is 0 Å². The molecule has 0 aromatic rings. The zero-order valence-corrected chi connectivity index (χ0v) is 12.4. The minimum Gasteiger partial charge on any atom is -0.330 e. The maximum atomic E-state index is 5.80. The summed E-state index contributed by atoms with van der Waals surface area (Å²) in [5.41, 5.74) is 7.14. The summed E-state index contributed by atoms with van der Waals surface area (Å²) < 4.78 is 0. The summed E-state index contributed by atoms with van der Waals surface area (Å²) in [5, 5.41) is 0. The van der Waals surface area contributed by atoms with Crippen molar-refractivity contribution in [2.45, 2.75) is 69.7 Å². The van der Waals surface area contributed by atoms with Gasteiger partial charge in [-0.25, -0.2) is 0 Å². The van der Waals surface area contributed by atoms with Gasteiger partial charge in [0.1, 0.15) is 0 Å². The summed E-state index contributed by atoms with van der Waals surface area (Å²) in [6.07, 6.45) is 14.8. The van der Waals surface area contributed by atoms with Gasteiger partial charge in [0.05, 0.1) is 0 Å². The molecule has 2 N–H and O–H groups in total. The molecule has 0 radical (unpaired) electrons. The van der Waals surface area contributed by atoms with E-state index in [1.54, 1.807) is 19.3 Å². The van der Waals surface area contributed by atoms with E-state index in [0.717, 1.165) is 18.4 Å². The molecule has 2 nitrogen and oxygen atoms in total. The molecule has 2 atom stereocenters. The van der Waals surface area contributed by atoms with Crippen molar-refractivity contribution < 1.29 is 0 Å². The van der Waals surface area contributed by atoms with Gasteiger partial charge in [-0.1, -0.05) is 0 Å². The normalized spacial score (nSPS) is 49.1. The van der Waals surface area contributed by atoms with Gasteiger partial charge in [0.15, 0.2) is 0 Å². The number of nitrogens with zero attached hydrogens (tertiary/aromatic N) is 1. The van der Waals surface area contributed by atoms with Crippen LogP contribution in [0, 0.1) is 17.3 Å². The third kappa shape index (κ3) is 1.98. The molecule has 108 valence electrons. The van der Waals surface area contributed by atoms with Crippen molar-refractivity contribution in [2.24, 2.45) is 23.0 Å². The van der Waals surface area contributed by atoms with Crippen molar-refractivity contribution in [3.8, 4) is 0 Å². The van der Waals surface area contributed by atoms with Crippen LogP contribution in [0.5, 0.6) is 0 Å². The quantitative estimate of drug-likeness (QED) is 0.843. The highest BCUT2D eigenvalue weighted by atomic mass is 15.2. The van der Waals surface area contributed by atoms with Crippen LogP contribution in [0.1, 0.15) is 64.2 Å². The van der Waals surface area contributed by atoms with Crippen LogP contribution in [0.3, 0.4) is 0 Å². The van der Waals surface area contributed by atoms with E-state index < -0.39 is 0 Å². The minimum absolute atomic E-state index is 0.634. The third-order valence-electron chi connectivity index (χ3n) is 6.84. The highest BCUT2D eigenvalue weighted by Crippen LogP contribution is 2.64. The molecule has 4 bridgehead atoms. The molecule has 5 rings (SSSR count). The van der Waals surface area contributed by atoms with E-state index in [0.29, 0.717) is 11.0 Å². The molecular weight excluding hydrogens is 232 g/mol. The molecule has 1 aliphatic heterocycles. The van der Waals surface area contributed by atoms with Crippen molar-refractivity contribution in [2.75, 3.05) is 19.6 Å². The summed E-state index contributed by atoms with van der Waals surface area (Å²) in [7, 11) is 0. The van der Waals surface area contributed by atoms with Crippen LogP contribution in [0.15, 0.2) is 0 Å². The zero-order chi connectivity index (χ0) is 12.9. The molecule has 5 aliphatic rings. The molecule has 0 aromatic heterocycles. The monoisotopic (exact) mass is 262 g/mol. The van der Waals surface area contributed by atoms with Gasteiger partial charge in [0, 0.05) is 5.54 Å². The molecule has 19 heavy (non-hydrogen) atoms. The molecule has 1 saturated heterocycles. The maximum absolute atomic E-state index is 5.80. The third-order valence-corrected chi connectivity index (χ3v) is 6.84. The topological polar surface area (TPSA) is 29.3 Å². The van der Waals surface area contributed by atoms with Crippen LogP contribution < -0.4 is 5.73 Å². The van der Waals surface area contributed by atoms with Gasteiger partial charge in [-0.15, -0.1) is 0 Å². The lowest BCUT2D eigenvalue weighted by Crippen LogP contribution is -2.62. The largest absolute Gasteiger partial charge is 0.330 e. The van der Waals surface area contributed by atoms with Crippen molar-refractivity contribution in [1.82, 2.24) is 4.90 Å². The molecule has 5 fully saturated rings. The van der Waals surface area contributed by atoms with Crippen LogP contribution in [0.25, 0.3) is 0 Å². The number of rotatable bonds is 4. The second kappa shape index (κ2) is 4.46. The van der Waals surface area contributed by atoms with E-state index in [4.69, 9.17) is 5.73 Å². The van der Waals surface area contributed by atoms with Crippen LogP contribution in [0.2, 0.25) is 0 Å². The fourth-order valence-corrected chi connectivity index (χ4v) is 6.73. The summed E-state index contributed by atoms with van der Waals surface area (Å²) >= 11 is 0. The van der Waals surface area contributed by atoms with Crippen molar-refractivity contribution in [3.63, 3.8) is 0 Å². The van der Waals surface area contributed by atoms with Crippen molar-refractivity contribution in [1.29, 1.82) is 0 Å². The lowest BCUT2D eigenvalue weighted by Gasteiger charge is -2.65. The summed E-state index contributed by atoms with van der Waals surface area (Å²) in [6, 6.07) is 0. The Balaban J connectivity index is 1.60. The summed E-state index contributed by atoms with van der Waals surface area (Å²) in [4.78, 5) is 2.92. The number of likely N-dealkylation sites (tertiary alicyclic amines) is 1. The van der Waals surface area contributed by atoms with Gasteiger partial charge >= 0.3 is 0 Å². The molecule has 4 saturated carbocycles. The van der Waals surface area contributed by atoms with Crippen LogP contribution in [-0.2, 0) is 0 Å². The SMILES string of the molecule is NCCCC12CC3CC(C1)CC(N1CCCC1)(C3)C2. The Morgan fingerprint density at radius 1 is 1.00 bits per heavy atom. The summed E-state index contributed by atoms with van der Waals surface area (Å²) in [6.45, 7) is 3.69. The van der Waals surface area contributed by atoms with Gasteiger partial charge in [-0.2, -0.15) is 0 Å². The highest BCUT2D eigenvalue weighted by molar-refractivity contribution is 5.12. The van der Waals surface area contributed by atoms with Gasteiger partial charge < -0.3 is 5.73 Å². The minimum atomic E-state index is 0.634. The van der Waals surface area contributed by atoms with E-state index in [9.17, 15) is 0 Å². The van der Waals surface area contributed by atoms with Crippen LogP contribution >= 0.6 is 0 Å². The fraction of sp³-hybridized carbons (Fsp3) is 1.00. The average molecular weight is 262 g/mol. The fourth-order valence-electron chi connectivity index (χ4n) is 6.73. The Morgan fingerprint density at radius 2 is 1.68 bits per heavy atom. The zero-order valence-electron chi connectivity index (χ0n) is 12.4. The van der Waals surface area contributed by atoms with Crippen LogP contribution in [0.4, 0.5) is 0 Å². The molecule has 2 unspecified atom stereocenters. The Kier molecular flexibility index (Phi) is 2.97. The number of hydrogen-bond acceptors (Lipinski definition) is 2. The predicted molar refractivity (Wildman–Crippen MR) is 78.9 cm³/mol. The Hall–Kier alpha value is -0.0800. The number of hydrogen-bond donors (Lipinski definition) is 1. The second-order valence-corrected chi connectivity index (χ2v) is 8.27. The first-order chi connectivity index (χ1) is 9.24. The van der Waals surface area contributed by atoms with E-state index in [2.05, 4.69) is 4.90 Å². The van der Waals surface area contributed by atoms with Gasteiger partial charge in [-0.3, -0.25) is 4.90 Å². The van der Waals surface area contributed by atoms with Crippen molar-refractivity contribution >= 4 is 0 Å². The Labute approximate surface area is 118 Å². The lowest BCUT2D eigenvalue weighted by molar-refractivity contribution is -0.130. The molecule has 0 spiro atoms.